The molecule has 0 aliphatic heterocycles. The summed E-state index contributed by atoms with van der Waals surface area (Å²) >= 11 is 0. The lowest BCUT2D eigenvalue weighted by Crippen LogP contribution is -2.53. The molecule has 1 unspecified atom stereocenters. The van der Waals surface area contributed by atoms with Gasteiger partial charge in [0.1, 0.15) is 6.33 Å². The first-order valence-corrected chi connectivity index (χ1v) is 8.67. The molecule has 1 aliphatic rings. The largest absolute Gasteiger partial charge is 0.394 e. The van der Waals surface area contributed by atoms with Crippen molar-refractivity contribution in [2.24, 2.45) is 0 Å². The molecule has 3 rings (SSSR count). The highest BCUT2D eigenvalue weighted by Crippen LogP contribution is 2.29. The molecule has 25 heavy (non-hydrogen) atoms. The van der Waals surface area contributed by atoms with Gasteiger partial charge in [0.05, 0.1) is 18.2 Å². The number of nitrogens with one attached hydrogen (secondary N) is 2. The minimum absolute atomic E-state index is 0.0113. The van der Waals surface area contributed by atoms with Gasteiger partial charge in [-0.15, -0.1) is 0 Å². The molecule has 6 nitrogen and oxygen atoms in total. The van der Waals surface area contributed by atoms with E-state index in [1.807, 2.05) is 31.2 Å². The zero-order chi connectivity index (χ0) is 17.7. The third-order valence-electron chi connectivity index (χ3n) is 4.89. The average Bonchev–Trinajstić information content (AvgIpc) is 3.11. The second-order valence-electron chi connectivity index (χ2n) is 6.71. The van der Waals surface area contributed by atoms with Crippen LogP contribution in [-0.4, -0.2) is 33.3 Å². The fraction of sp³-hybridized carbons (Fsp3) is 0.421. The Labute approximate surface area is 147 Å². The first-order valence-electron chi connectivity index (χ1n) is 8.67. The smallest absolute Gasteiger partial charge is 0.315 e. The van der Waals surface area contributed by atoms with Gasteiger partial charge in [-0.05, 0) is 30.9 Å². The number of aliphatic hydroxyl groups excluding tert-OH is 1. The molecule has 1 aliphatic carbocycles. The standard InChI is InChI=1S/C19H24N4O2/c1-14(22-18(25)23-19(12-24)8-2-3-9-19)15-4-6-16(7-5-15)17-10-20-13-21-11-17/h4-7,10-11,13-14,24H,2-3,8-9,12H2,1H3,(H2,22,23,25). The van der Waals surface area contributed by atoms with E-state index in [4.69, 9.17) is 0 Å². The number of amides is 2. The minimum atomic E-state index is -0.457. The van der Waals surface area contributed by atoms with Crippen molar-refractivity contribution >= 4 is 6.03 Å². The lowest BCUT2D eigenvalue weighted by Gasteiger charge is -2.29. The SMILES string of the molecule is CC(NC(=O)NC1(CO)CCCC1)c1ccc(-c2cncnc2)cc1. The van der Waals surface area contributed by atoms with Crippen molar-refractivity contribution in [1.82, 2.24) is 20.6 Å². The van der Waals surface area contributed by atoms with Crippen molar-refractivity contribution < 1.29 is 9.90 Å². The Morgan fingerprint density at radius 3 is 2.40 bits per heavy atom. The maximum atomic E-state index is 12.3. The second-order valence-corrected chi connectivity index (χ2v) is 6.71. The Kier molecular flexibility index (Phi) is 5.28. The normalized spacial score (nSPS) is 17.0. The molecule has 0 bridgehead atoms. The van der Waals surface area contributed by atoms with Crippen molar-refractivity contribution in [2.75, 3.05) is 6.61 Å². The Bertz CT molecular complexity index is 697. The fourth-order valence-corrected chi connectivity index (χ4v) is 3.34. The molecule has 1 aromatic heterocycles. The monoisotopic (exact) mass is 340 g/mol. The number of benzene rings is 1. The van der Waals surface area contributed by atoms with Crippen molar-refractivity contribution in [3.63, 3.8) is 0 Å². The molecular weight excluding hydrogens is 316 g/mol. The molecule has 0 radical (unpaired) electrons. The highest BCUT2D eigenvalue weighted by Gasteiger charge is 2.34. The second kappa shape index (κ2) is 7.61. The fourth-order valence-electron chi connectivity index (χ4n) is 3.34. The van der Waals surface area contributed by atoms with Crippen molar-refractivity contribution in [1.29, 1.82) is 0 Å². The molecule has 6 heteroatoms. The van der Waals surface area contributed by atoms with Crippen LogP contribution in [0.4, 0.5) is 4.79 Å². The minimum Gasteiger partial charge on any atom is -0.394 e. The number of carbonyl (C=O) groups is 1. The molecule has 0 saturated heterocycles. The van der Waals surface area contributed by atoms with E-state index in [0.717, 1.165) is 42.4 Å². The van der Waals surface area contributed by atoms with Gasteiger partial charge in [-0.25, -0.2) is 14.8 Å². The van der Waals surface area contributed by atoms with E-state index < -0.39 is 5.54 Å². The van der Waals surface area contributed by atoms with Crippen molar-refractivity contribution in [3.05, 3.63) is 48.5 Å². The van der Waals surface area contributed by atoms with Crippen LogP contribution in [0.2, 0.25) is 0 Å². The summed E-state index contributed by atoms with van der Waals surface area (Å²) in [5, 5.41) is 15.5. The van der Waals surface area contributed by atoms with Crippen molar-refractivity contribution in [2.45, 2.75) is 44.2 Å². The van der Waals surface area contributed by atoms with Crippen molar-refractivity contribution in [3.8, 4) is 11.1 Å². The molecule has 132 valence electrons. The van der Waals surface area contributed by atoms with E-state index >= 15 is 0 Å². The molecule has 1 saturated carbocycles. The summed E-state index contributed by atoms with van der Waals surface area (Å²) in [6.07, 6.45) is 8.80. The Balaban J connectivity index is 1.61. The van der Waals surface area contributed by atoms with E-state index in [0.29, 0.717) is 0 Å². The molecule has 3 N–H and O–H groups in total. The number of urea groups is 1. The van der Waals surface area contributed by atoms with Crippen LogP contribution < -0.4 is 10.6 Å². The molecule has 1 fully saturated rings. The van der Waals surface area contributed by atoms with Crippen LogP contribution in [0.3, 0.4) is 0 Å². The number of hydrogen-bond donors (Lipinski definition) is 3. The Morgan fingerprint density at radius 1 is 1.16 bits per heavy atom. The lowest BCUT2D eigenvalue weighted by molar-refractivity contribution is 0.162. The summed E-state index contributed by atoms with van der Waals surface area (Å²) < 4.78 is 0. The Hall–Kier alpha value is -2.47. The van der Waals surface area contributed by atoms with E-state index in [2.05, 4.69) is 20.6 Å². The number of nitrogens with zero attached hydrogens (tertiary/aromatic N) is 2. The number of carbonyl (C=O) groups excluding carboxylic acids is 1. The third-order valence-corrected chi connectivity index (χ3v) is 4.89. The maximum absolute atomic E-state index is 12.3. The number of rotatable bonds is 5. The van der Waals surface area contributed by atoms with E-state index in [9.17, 15) is 9.90 Å². The van der Waals surface area contributed by atoms with Gasteiger partial charge in [-0.3, -0.25) is 0 Å². The maximum Gasteiger partial charge on any atom is 0.315 e. The van der Waals surface area contributed by atoms with Gasteiger partial charge in [0.2, 0.25) is 0 Å². The summed E-state index contributed by atoms with van der Waals surface area (Å²) in [6.45, 7) is 1.93. The van der Waals surface area contributed by atoms with Crippen LogP contribution in [0.5, 0.6) is 0 Å². The molecule has 1 aromatic carbocycles. The average molecular weight is 340 g/mol. The van der Waals surface area contributed by atoms with Gasteiger partial charge in [0, 0.05) is 18.0 Å². The molecule has 0 spiro atoms. The molecule has 2 amide bonds. The number of aromatic nitrogens is 2. The van der Waals surface area contributed by atoms with E-state index in [1.165, 1.54) is 6.33 Å². The first-order chi connectivity index (χ1) is 12.1. The highest BCUT2D eigenvalue weighted by molar-refractivity contribution is 5.75. The van der Waals surface area contributed by atoms with Crippen LogP contribution in [0.25, 0.3) is 11.1 Å². The molecule has 2 aromatic rings. The van der Waals surface area contributed by atoms with Crippen LogP contribution in [0.1, 0.15) is 44.2 Å². The summed E-state index contributed by atoms with van der Waals surface area (Å²) in [7, 11) is 0. The summed E-state index contributed by atoms with van der Waals surface area (Å²) in [5.74, 6) is 0. The third kappa shape index (κ3) is 4.14. The summed E-state index contributed by atoms with van der Waals surface area (Å²) in [6, 6.07) is 7.62. The van der Waals surface area contributed by atoms with Gasteiger partial charge in [-0.1, -0.05) is 37.1 Å². The highest BCUT2D eigenvalue weighted by atomic mass is 16.3. The molecular formula is C19H24N4O2. The topological polar surface area (TPSA) is 87.1 Å². The first kappa shape index (κ1) is 17.4. The van der Waals surface area contributed by atoms with Gasteiger partial charge < -0.3 is 15.7 Å². The summed E-state index contributed by atoms with van der Waals surface area (Å²) in [5.41, 5.74) is 2.55. The van der Waals surface area contributed by atoms with Crippen LogP contribution in [-0.2, 0) is 0 Å². The van der Waals surface area contributed by atoms with Crippen LogP contribution >= 0.6 is 0 Å². The van der Waals surface area contributed by atoms with Gasteiger partial charge in [0.15, 0.2) is 0 Å². The molecule has 1 heterocycles. The summed E-state index contributed by atoms with van der Waals surface area (Å²) in [4.78, 5) is 20.3. The predicted octanol–water partition coefficient (Wildman–Crippen LogP) is 2.81. The van der Waals surface area contributed by atoms with E-state index in [1.54, 1.807) is 12.4 Å². The van der Waals surface area contributed by atoms with Crippen LogP contribution in [0, 0.1) is 0 Å². The van der Waals surface area contributed by atoms with E-state index in [-0.39, 0.29) is 18.7 Å². The lowest BCUT2D eigenvalue weighted by atomic mass is 9.99. The zero-order valence-electron chi connectivity index (χ0n) is 14.4. The van der Waals surface area contributed by atoms with Gasteiger partial charge in [0.25, 0.3) is 0 Å². The molecule has 1 atom stereocenters. The predicted molar refractivity (Wildman–Crippen MR) is 95.8 cm³/mol. The van der Waals surface area contributed by atoms with Gasteiger partial charge >= 0.3 is 6.03 Å². The quantitative estimate of drug-likeness (QED) is 0.781. The van der Waals surface area contributed by atoms with Crippen LogP contribution in [0.15, 0.2) is 43.0 Å². The number of hydrogen-bond acceptors (Lipinski definition) is 4. The number of aliphatic hydroxyl groups is 1. The van der Waals surface area contributed by atoms with Gasteiger partial charge in [-0.2, -0.15) is 0 Å². The Morgan fingerprint density at radius 2 is 1.80 bits per heavy atom. The zero-order valence-corrected chi connectivity index (χ0v) is 14.4.